The predicted molar refractivity (Wildman–Crippen MR) is 71.9 cm³/mol. The van der Waals surface area contributed by atoms with Crippen LogP contribution in [0.4, 0.5) is 5.82 Å². The van der Waals surface area contributed by atoms with Crippen LogP contribution in [-0.2, 0) is 16.4 Å². The Labute approximate surface area is 110 Å². The molecule has 0 saturated heterocycles. The van der Waals surface area contributed by atoms with Crippen molar-refractivity contribution >= 4 is 27.2 Å². The van der Waals surface area contributed by atoms with E-state index in [0.717, 1.165) is 4.88 Å². The Morgan fingerprint density at radius 2 is 2.22 bits per heavy atom. The number of anilines is 1. The average Bonchev–Trinajstić information content (AvgIpc) is 2.82. The second kappa shape index (κ2) is 5.47. The number of nitrogens with zero attached hydrogens (tertiary/aromatic N) is 1. The van der Waals surface area contributed by atoms with Gasteiger partial charge in [0.25, 0.3) is 0 Å². The number of rotatable bonds is 5. The molecule has 7 heteroatoms. The first-order valence-corrected chi connectivity index (χ1v) is 7.68. The van der Waals surface area contributed by atoms with Gasteiger partial charge in [0.2, 0.25) is 10.0 Å². The molecule has 0 fully saturated rings. The lowest BCUT2D eigenvalue weighted by Gasteiger charge is -2.06. The zero-order valence-corrected chi connectivity index (χ0v) is 11.2. The van der Waals surface area contributed by atoms with Gasteiger partial charge in [-0.15, -0.1) is 11.3 Å². The van der Waals surface area contributed by atoms with Gasteiger partial charge in [-0.25, -0.2) is 18.1 Å². The van der Waals surface area contributed by atoms with Crippen LogP contribution in [0.15, 0.2) is 40.7 Å². The molecule has 0 unspecified atom stereocenters. The zero-order chi connectivity index (χ0) is 13.0. The van der Waals surface area contributed by atoms with Gasteiger partial charge < -0.3 is 5.73 Å². The number of thiophene rings is 1. The Kier molecular flexibility index (Phi) is 3.95. The molecule has 2 rings (SSSR count). The van der Waals surface area contributed by atoms with E-state index < -0.39 is 10.0 Å². The molecule has 2 aromatic heterocycles. The molecule has 3 N–H and O–H groups in total. The summed E-state index contributed by atoms with van der Waals surface area (Å²) >= 11 is 1.61. The third-order valence-corrected chi connectivity index (χ3v) is 4.70. The van der Waals surface area contributed by atoms with E-state index in [1.165, 1.54) is 18.3 Å². The number of hydrogen-bond donors (Lipinski definition) is 2. The van der Waals surface area contributed by atoms with Crippen molar-refractivity contribution in [2.75, 3.05) is 12.3 Å². The Morgan fingerprint density at radius 1 is 1.39 bits per heavy atom. The van der Waals surface area contributed by atoms with Crippen LogP contribution in [0.1, 0.15) is 4.88 Å². The predicted octanol–water partition coefficient (Wildman–Crippen LogP) is 1.25. The summed E-state index contributed by atoms with van der Waals surface area (Å²) < 4.78 is 26.4. The molecule has 0 aliphatic heterocycles. The highest BCUT2D eigenvalue weighted by molar-refractivity contribution is 7.89. The number of pyridine rings is 1. The lowest BCUT2D eigenvalue weighted by Crippen LogP contribution is -2.26. The quantitative estimate of drug-likeness (QED) is 0.864. The van der Waals surface area contributed by atoms with Gasteiger partial charge in [0.05, 0.1) is 4.90 Å². The molecule has 0 radical (unpaired) electrons. The fraction of sp³-hybridized carbons (Fsp3) is 0.182. The second-order valence-corrected chi connectivity index (χ2v) is 6.44. The third kappa shape index (κ3) is 3.28. The Hall–Kier alpha value is -1.44. The van der Waals surface area contributed by atoms with Gasteiger partial charge in [-0.2, -0.15) is 0 Å². The monoisotopic (exact) mass is 283 g/mol. The molecule has 96 valence electrons. The summed E-state index contributed by atoms with van der Waals surface area (Å²) in [6, 6.07) is 6.68. The number of hydrogen-bond acceptors (Lipinski definition) is 5. The fourth-order valence-electron chi connectivity index (χ4n) is 1.44. The molecule has 18 heavy (non-hydrogen) atoms. The fourth-order valence-corrected chi connectivity index (χ4v) is 3.20. The van der Waals surface area contributed by atoms with Crippen LogP contribution in [0, 0.1) is 0 Å². The van der Waals surface area contributed by atoms with E-state index in [1.54, 1.807) is 11.3 Å². The van der Waals surface area contributed by atoms with Crippen molar-refractivity contribution in [3.63, 3.8) is 0 Å². The summed E-state index contributed by atoms with van der Waals surface area (Å²) in [5, 5.41) is 1.97. The van der Waals surface area contributed by atoms with Crippen LogP contribution < -0.4 is 10.5 Å². The topological polar surface area (TPSA) is 85.1 Å². The average molecular weight is 283 g/mol. The highest BCUT2D eigenvalue weighted by Gasteiger charge is 2.13. The molecule has 0 aliphatic rings. The van der Waals surface area contributed by atoms with E-state index in [9.17, 15) is 8.42 Å². The van der Waals surface area contributed by atoms with E-state index in [-0.39, 0.29) is 10.7 Å². The van der Waals surface area contributed by atoms with Gasteiger partial charge in [0.1, 0.15) is 5.82 Å². The normalized spacial score (nSPS) is 11.6. The maximum Gasteiger partial charge on any atom is 0.240 e. The highest BCUT2D eigenvalue weighted by atomic mass is 32.2. The number of nitrogens with two attached hydrogens (primary N) is 1. The molecule has 5 nitrogen and oxygen atoms in total. The van der Waals surface area contributed by atoms with Crippen molar-refractivity contribution in [2.24, 2.45) is 0 Å². The maximum absolute atomic E-state index is 11.9. The van der Waals surface area contributed by atoms with Crippen LogP contribution in [0.25, 0.3) is 0 Å². The van der Waals surface area contributed by atoms with Crippen molar-refractivity contribution in [2.45, 2.75) is 11.3 Å². The van der Waals surface area contributed by atoms with Crippen molar-refractivity contribution in [1.29, 1.82) is 0 Å². The van der Waals surface area contributed by atoms with Crippen LogP contribution in [0.5, 0.6) is 0 Å². The maximum atomic E-state index is 11.9. The molecule has 0 aromatic carbocycles. The molecule has 0 saturated carbocycles. The molecular formula is C11H13N3O2S2. The van der Waals surface area contributed by atoms with Crippen LogP contribution in [-0.4, -0.2) is 19.9 Å². The summed E-state index contributed by atoms with van der Waals surface area (Å²) in [4.78, 5) is 5.05. The minimum atomic E-state index is -3.50. The van der Waals surface area contributed by atoms with E-state index in [4.69, 9.17) is 5.73 Å². The molecule has 0 amide bonds. The third-order valence-electron chi connectivity index (χ3n) is 2.31. The molecule has 2 heterocycles. The van der Waals surface area contributed by atoms with E-state index in [0.29, 0.717) is 13.0 Å². The number of nitrogen functional groups attached to an aromatic ring is 1. The molecule has 0 bridgehead atoms. The summed E-state index contributed by atoms with van der Waals surface area (Å²) in [6.45, 7) is 0.366. The largest absolute Gasteiger partial charge is 0.384 e. The summed E-state index contributed by atoms with van der Waals surface area (Å²) in [5.74, 6) is 0.191. The van der Waals surface area contributed by atoms with Gasteiger partial charge in [0, 0.05) is 23.7 Å². The SMILES string of the molecule is Nc1cc(S(=O)(=O)NCCc2cccs2)ccn1. The lowest BCUT2D eigenvalue weighted by molar-refractivity contribution is 0.581. The minimum absolute atomic E-state index is 0.140. The first-order valence-electron chi connectivity index (χ1n) is 5.31. The molecular weight excluding hydrogens is 270 g/mol. The summed E-state index contributed by atoms with van der Waals surface area (Å²) in [6.07, 6.45) is 2.06. The minimum Gasteiger partial charge on any atom is -0.384 e. The Morgan fingerprint density at radius 3 is 2.89 bits per heavy atom. The lowest BCUT2D eigenvalue weighted by atomic mass is 10.3. The van der Waals surface area contributed by atoms with Gasteiger partial charge >= 0.3 is 0 Å². The van der Waals surface area contributed by atoms with Crippen LogP contribution in [0.2, 0.25) is 0 Å². The smallest absolute Gasteiger partial charge is 0.240 e. The van der Waals surface area contributed by atoms with Crippen LogP contribution in [0.3, 0.4) is 0 Å². The first kappa shape index (κ1) is 13.0. The van der Waals surface area contributed by atoms with Gasteiger partial charge in [-0.3, -0.25) is 0 Å². The highest BCUT2D eigenvalue weighted by Crippen LogP contribution is 2.11. The second-order valence-electron chi connectivity index (χ2n) is 3.64. The van der Waals surface area contributed by atoms with Crippen LogP contribution >= 0.6 is 11.3 Å². The first-order chi connectivity index (χ1) is 8.58. The van der Waals surface area contributed by atoms with E-state index >= 15 is 0 Å². The molecule has 0 aliphatic carbocycles. The Balaban J connectivity index is 1.99. The van der Waals surface area contributed by atoms with Crippen molar-refractivity contribution in [1.82, 2.24) is 9.71 Å². The molecule has 0 spiro atoms. The Bertz CT molecular complexity index is 609. The van der Waals surface area contributed by atoms with E-state index in [2.05, 4.69) is 9.71 Å². The van der Waals surface area contributed by atoms with Crippen molar-refractivity contribution in [3.05, 3.63) is 40.7 Å². The van der Waals surface area contributed by atoms with Crippen molar-refractivity contribution < 1.29 is 8.42 Å². The summed E-state index contributed by atoms with van der Waals surface area (Å²) in [5.41, 5.74) is 5.46. The number of nitrogens with one attached hydrogen (secondary N) is 1. The number of aromatic nitrogens is 1. The summed E-state index contributed by atoms with van der Waals surface area (Å²) in [7, 11) is -3.50. The van der Waals surface area contributed by atoms with Gasteiger partial charge in [-0.1, -0.05) is 6.07 Å². The zero-order valence-electron chi connectivity index (χ0n) is 9.54. The standard InChI is InChI=1S/C11H13N3O2S2/c12-11-8-10(4-5-13-11)18(15,16)14-6-3-9-2-1-7-17-9/h1-2,4-5,7-8,14H,3,6H2,(H2,12,13). The molecule has 0 atom stereocenters. The molecule has 2 aromatic rings. The number of sulfonamides is 1. The van der Waals surface area contributed by atoms with E-state index in [1.807, 2.05) is 17.5 Å². The van der Waals surface area contributed by atoms with Gasteiger partial charge in [0.15, 0.2) is 0 Å². The van der Waals surface area contributed by atoms with Crippen molar-refractivity contribution in [3.8, 4) is 0 Å². The van der Waals surface area contributed by atoms with Gasteiger partial charge in [-0.05, 0) is 23.9 Å².